The number of hydrogen-bond acceptors (Lipinski definition) is 5. The smallest absolute Gasteiger partial charge is 0.291 e. The molecule has 2 N–H and O–H groups in total. The van der Waals surface area contributed by atoms with Gasteiger partial charge in [-0.3, -0.25) is 20.4 Å². The number of nitrogens with zero attached hydrogens (tertiary/aromatic N) is 3. The molecule has 1 heterocycles. The molecular weight excluding hydrogens is 330 g/mol. The number of benzene rings is 2. The van der Waals surface area contributed by atoms with Crippen LogP contribution in [0.5, 0.6) is 0 Å². The monoisotopic (exact) mass is 345 g/mol. The molecule has 7 heteroatoms. The average molecular weight is 345 g/mol. The Morgan fingerprint density at radius 1 is 1.08 bits per heavy atom. The summed E-state index contributed by atoms with van der Waals surface area (Å²) in [7, 11) is 0. The number of rotatable bonds is 2. The van der Waals surface area contributed by atoms with E-state index in [1.54, 1.807) is 18.2 Å². The summed E-state index contributed by atoms with van der Waals surface area (Å²) in [6, 6.07) is 11.7. The second-order valence-electron chi connectivity index (χ2n) is 5.75. The molecule has 0 aliphatic carbocycles. The molecule has 3 amide bonds. The van der Waals surface area contributed by atoms with Gasteiger partial charge in [-0.1, -0.05) is 18.2 Å². The van der Waals surface area contributed by atoms with Crippen molar-refractivity contribution in [3.05, 3.63) is 64.8 Å². The molecule has 128 valence electrons. The Balaban J connectivity index is 1.75. The Morgan fingerprint density at radius 3 is 2.50 bits per heavy atom. The number of fused-ring (bicyclic) bond motifs is 1. The van der Waals surface area contributed by atoms with Crippen molar-refractivity contribution in [2.45, 2.75) is 13.8 Å². The maximum atomic E-state index is 12.3. The van der Waals surface area contributed by atoms with Crippen LogP contribution in [0.2, 0.25) is 0 Å². The first-order valence-electron chi connectivity index (χ1n) is 7.83. The average Bonchev–Trinajstić information content (AvgIpc) is 2.61. The predicted molar refractivity (Wildman–Crippen MR) is 96.7 cm³/mol. The van der Waals surface area contributed by atoms with Crippen molar-refractivity contribution in [1.29, 1.82) is 5.26 Å². The molecule has 0 aliphatic rings. The summed E-state index contributed by atoms with van der Waals surface area (Å²) in [4.78, 5) is 32.9. The van der Waals surface area contributed by atoms with Gasteiger partial charge in [0.05, 0.1) is 28.9 Å². The van der Waals surface area contributed by atoms with Gasteiger partial charge >= 0.3 is 6.03 Å². The summed E-state index contributed by atoms with van der Waals surface area (Å²) >= 11 is 0. The van der Waals surface area contributed by atoms with Crippen LogP contribution in [0.3, 0.4) is 0 Å². The minimum atomic E-state index is -0.694. The fourth-order valence-corrected chi connectivity index (χ4v) is 2.63. The third kappa shape index (κ3) is 3.49. The molecule has 2 aromatic carbocycles. The van der Waals surface area contributed by atoms with Crippen molar-refractivity contribution in [3.8, 4) is 6.07 Å². The van der Waals surface area contributed by atoms with Gasteiger partial charge in [0.15, 0.2) is 5.82 Å². The van der Waals surface area contributed by atoms with Gasteiger partial charge in [-0.05, 0) is 43.2 Å². The van der Waals surface area contributed by atoms with Crippen LogP contribution in [-0.4, -0.2) is 21.9 Å². The zero-order chi connectivity index (χ0) is 18.7. The Labute approximate surface area is 149 Å². The van der Waals surface area contributed by atoms with Gasteiger partial charge in [0.1, 0.15) is 0 Å². The lowest BCUT2D eigenvalue weighted by atomic mass is 10.0. The summed E-state index contributed by atoms with van der Waals surface area (Å²) in [6.45, 7) is 3.62. The number of carbonyl (C=O) groups is 2. The SMILES string of the molecule is Cc1cccc(C)c1C(=O)NC(=O)Nc1cnc2cc(C#N)ccc2n1. The van der Waals surface area contributed by atoms with E-state index in [1.807, 2.05) is 38.1 Å². The van der Waals surface area contributed by atoms with E-state index in [-0.39, 0.29) is 5.82 Å². The maximum Gasteiger partial charge on any atom is 0.327 e. The molecular formula is C19H15N5O2. The molecule has 0 bridgehead atoms. The molecule has 0 radical (unpaired) electrons. The Bertz CT molecular complexity index is 1050. The molecule has 0 saturated heterocycles. The van der Waals surface area contributed by atoms with Crippen molar-refractivity contribution in [2.24, 2.45) is 0 Å². The lowest BCUT2D eigenvalue weighted by molar-refractivity contribution is 0.0966. The molecule has 0 unspecified atom stereocenters. The highest BCUT2D eigenvalue weighted by atomic mass is 16.2. The van der Waals surface area contributed by atoms with Crippen LogP contribution < -0.4 is 10.6 Å². The Kier molecular flexibility index (Phi) is 4.58. The van der Waals surface area contributed by atoms with E-state index in [0.717, 1.165) is 11.1 Å². The van der Waals surface area contributed by atoms with Gasteiger partial charge in [-0.2, -0.15) is 5.26 Å². The van der Waals surface area contributed by atoms with Gasteiger partial charge in [-0.25, -0.2) is 9.78 Å². The lowest BCUT2D eigenvalue weighted by Gasteiger charge is -2.10. The Morgan fingerprint density at radius 2 is 1.81 bits per heavy atom. The number of aromatic nitrogens is 2. The summed E-state index contributed by atoms with van der Waals surface area (Å²) in [5, 5.41) is 13.7. The highest BCUT2D eigenvalue weighted by molar-refractivity contribution is 6.09. The molecule has 0 aliphatic heterocycles. The van der Waals surface area contributed by atoms with Crippen LogP contribution in [0.1, 0.15) is 27.0 Å². The highest BCUT2D eigenvalue weighted by Gasteiger charge is 2.15. The van der Waals surface area contributed by atoms with Crippen LogP contribution in [0, 0.1) is 25.2 Å². The van der Waals surface area contributed by atoms with Crippen LogP contribution >= 0.6 is 0 Å². The first kappa shape index (κ1) is 17.0. The number of anilines is 1. The molecule has 3 aromatic rings. The molecule has 1 aromatic heterocycles. The van der Waals surface area contributed by atoms with E-state index in [0.29, 0.717) is 22.2 Å². The van der Waals surface area contributed by atoms with Crippen molar-refractivity contribution < 1.29 is 9.59 Å². The standard InChI is InChI=1S/C19H15N5O2/c1-11-4-3-5-12(2)17(11)18(25)24-19(26)23-16-10-21-15-8-13(9-20)6-7-14(15)22-16/h3-8,10H,1-2H3,(H2,22,23,24,25,26). The quantitative estimate of drug-likeness (QED) is 0.742. The molecule has 7 nitrogen and oxygen atoms in total. The van der Waals surface area contributed by atoms with Crippen LogP contribution in [0.15, 0.2) is 42.6 Å². The summed E-state index contributed by atoms with van der Waals surface area (Å²) in [5.41, 5.74) is 3.59. The number of nitriles is 1. The van der Waals surface area contributed by atoms with Gasteiger partial charge in [-0.15, -0.1) is 0 Å². The van der Waals surface area contributed by atoms with Gasteiger partial charge in [0.2, 0.25) is 0 Å². The second-order valence-corrected chi connectivity index (χ2v) is 5.75. The fourth-order valence-electron chi connectivity index (χ4n) is 2.63. The summed E-state index contributed by atoms with van der Waals surface area (Å²) in [6.07, 6.45) is 1.37. The number of amides is 3. The number of aryl methyl sites for hydroxylation is 2. The first-order chi connectivity index (χ1) is 12.5. The Hall–Kier alpha value is -3.79. The zero-order valence-corrected chi connectivity index (χ0v) is 14.2. The van der Waals surface area contributed by atoms with Crippen LogP contribution in [-0.2, 0) is 0 Å². The normalized spacial score (nSPS) is 10.2. The van der Waals surface area contributed by atoms with E-state index in [9.17, 15) is 9.59 Å². The molecule has 26 heavy (non-hydrogen) atoms. The van der Waals surface area contributed by atoms with Gasteiger partial charge in [0.25, 0.3) is 5.91 Å². The first-order valence-corrected chi connectivity index (χ1v) is 7.83. The molecule has 0 spiro atoms. The van der Waals surface area contributed by atoms with E-state index in [2.05, 4.69) is 20.6 Å². The van der Waals surface area contributed by atoms with E-state index >= 15 is 0 Å². The number of nitrogens with one attached hydrogen (secondary N) is 2. The summed E-state index contributed by atoms with van der Waals surface area (Å²) < 4.78 is 0. The van der Waals surface area contributed by atoms with Crippen molar-refractivity contribution >= 4 is 28.8 Å². The van der Waals surface area contributed by atoms with Crippen molar-refractivity contribution in [2.75, 3.05) is 5.32 Å². The number of carbonyl (C=O) groups excluding carboxylic acids is 2. The lowest BCUT2D eigenvalue weighted by Crippen LogP contribution is -2.35. The maximum absolute atomic E-state index is 12.3. The minimum Gasteiger partial charge on any atom is -0.291 e. The number of urea groups is 1. The number of hydrogen-bond donors (Lipinski definition) is 2. The van der Waals surface area contributed by atoms with Crippen molar-refractivity contribution in [1.82, 2.24) is 15.3 Å². The number of imide groups is 1. The highest BCUT2D eigenvalue weighted by Crippen LogP contribution is 2.15. The summed E-state index contributed by atoms with van der Waals surface area (Å²) in [5.74, 6) is -0.278. The van der Waals surface area contributed by atoms with Crippen LogP contribution in [0.25, 0.3) is 11.0 Å². The third-order valence-corrected chi connectivity index (χ3v) is 3.85. The van der Waals surface area contributed by atoms with E-state index in [4.69, 9.17) is 5.26 Å². The second kappa shape index (κ2) is 6.99. The molecule has 0 saturated carbocycles. The van der Waals surface area contributed by atoms with Gasteiger partial charge < -0.3 is 0 Å². The molecule has 3 rings (SSSR count). The molecule has 0 fully saturated rings. The van der Waals surface area contributed by atoms with E-state index in [1.165, 1.54) is 6.20 Å². The van der Waals surface area contributed by atoms with Gasteiger partial charge in [0, 0.05) is 5.56 Å². The minimum absolute atomic E-state index is 0.203. The fraction of sp³-hybridized carbons (Fsp3) is 0.105. The topological polar surface area (TPSA) is 108 Å². The predicted octanol–water partition coefficient (Wildman–Crippen LogP) is 3.08. The van der Waals surface area contributed by atoms with Crippen LogP contribution in [0.4, 0.5) is 10.6 Å². The zero-order valence-electron chi connectivity index (χ0n) is 14.2. The largest absolute Gasteiger partial charge is 0.327 e. The van der Waals surface area contributed by atoms with E-state index < -0.39 is 11.9 Å². The molecule has 0 atom stereocenters. The third-order valence-electron chi connectivity index (χ3n) is 3.85. The van der Waals surface area contributed by atoms with Crippen molar-refractivity contribution in [3.63, 3.8) is 0 Å².